The van der Waals surface area contributed by atoms with Crippen LogP contribution in [0.15, 0.2) is 42.5 Å². The maximum absolute atomic E-state index is 11.2. The zero-order chi connectivity index (χ0) is 12.3. The fourth-order valence-electron chi connectivity index (χ4n) is 1.04. The second-order valence-corrected chi connectivity index (χ2v) is 3.14. The highest BCUT2D eigenvalue weighted by Gasteiger charge is 1.93. The predicted octanol–water partition coefficient (Wildman–Crippen LogP) is 1.78. The van der Waals surface area contributed by atoms with E-state index in [-0.39, 0.29) is 6.61 Å². The largest absolute Gasteiger partial charge is 0.452 e. The van der Waals surface area contributed by atoms with Gasteiger partial charge in [-0.05, 0) is 18.2 Å². The van der Waals surface area contributed by atoms with Crippen LogP contribution in [0.4, 0.5) is 0 Å². The molecule has 17 heavy (non-hydrogen) atoms. The SMILES string of the molecule is COC/C=C/COC(=O)C#Cc1ccccc1. The Bertz CT molecular complexity index is 424. The summed E-state index contributed by atoms with van der Waals surface area (Å²) in [6.07, 6.45) is 3.49. The van der Waals surface area contributed by atoms with Gasteiger partial charge in [0.1, 0.15) is 6.61 Å². The number of methoxy groups -OCH3 is 1. The lowest BCUT2D eigenvalue weighted by molar-refractivity contribution is -0.135. The molecule has 0 amide bonds. The van der Waals surface area contributed by atoms with Crippen LogP contribution in [-0.4, -0.2) is 26.3 Å². The number of hydrogen-bond donors (Lipinski definition) is 0. The van der Waals surface area contributed by atoms with E-state index < -0.39 is 5.97 Å². The third-order valence-electron chi connectivity index (χ3n) is 1.82. The van der Waals surface area contributed by atoms with Crippen LogP contribution in [0, 0.1) is 11.8 Å². The van der Waals surface area contributed by atoms with Gasteiger partial charge in [-0.2, -0.15) is 0 Å². The first-order chi connectivity index (χ1) is 8.33. The molecule has 0 N–H and O–H groups in total. The Morgan fingerprint density at radius 1 is 1.24 bits per heavy atom. The number of carbonyl (C=O) groups is 1. The molecule has 1 aromatic rings. The first kappa shape index (κ1) is 13.0. The van der Waals surface area contributed by atoms with Crippen molar-refractivity contribution >= 4 is 5.97 Å². The molecule has 0 radical (unpaired) electrons. The van der Waals surface area contributed by atoms with Crippen LogP contribution in [0.2, 0.25) is 0 Å². The summed E-state index contributed by atoms with van der Waals surface area (Å²) in [6.45, 7) is 0.721. The molecule has 0 aromatic heterocycles. The molecule has 0 atom stereocenters. The summed E-state index contributed by atoms with van der Waals surface area (Å²) in [5.41, 5.74) is 0.791. The van der Waals surface area contributed by atoms with E-state index in [4.69, 9.17) is 9.47 Å². The lowest BCUT2D eigenvalue weighted by atomic mass is 10.2. The number of ether oxygens (including phenoxy) is 2. The number of rotatable bonds is 4. The highest BCUT2D eigenvalue weighted by atomic mass is 16.5. The molecule has 88 valence electrons. The first-order valence-electron chi connectivity index (χ1n) is 5.20. The summed E-state index contributed by atoms with van der Waals surface area (Å²) in [4.78, 5) is 11.2. The van der Waals surface area contributed by atoms with Gasteiger partial charge in [-0.1, -0.05) is 30.2 Å². The summed E-state index contributed by atoms with van der Waals surface area (Å²) in [6, 6.07) is 9.29. The van der Waals surface area contributed by atoms with Gasteiger partial charge in [-0.25, -0.2) is 4.79 Å². The quantitative estimate of drug-likeness (QED) is 0.449. The Labute approximate surface area is 101 Å². The summed E-state index contributed by atoms with van der Waals surface area (Å²) >= 11 is 0. The maximum atomic E-state index is 11.2. The molecule has 0 aliphatic rings. The smallest absolute Gasteiger partial charge is 0.385 e. The molecule has 3 nitrogen and oxygen atoms in total. The van der Waals surface area contributed by atoms with Gasteiger partial charge in [-0.15, -0.1) is 0 Å². The molecule has 0 spiro atoms. The Kier molecular flexibility index (Phi) is 6.23. The van der Waals surface area contributed by atoms with Crippen molar-refractivity contribution in [1.29, 1.82) is 0 Å². The summed E-state index contributed by atoms with van der Waals surface area (Å²) in [5, 5.41) is 0. The van der Waals surface area contributed by atoms with Crippen molar-refractivity contribution in [3.63, 3.8) is 0 Å². The summed E-state index contributed by atoms with van der Waals surface area (Å²) in [7, 11) is 1.60. The van der Waals surface area contributed by atoms with Gasteiger partial charge in [0.05, 0.1) is 6.61 Å². The molecular weight excluding hydrogens is 216 g/mol. The molecule has 1 rings (SSSR count). The highest BCUT2D eigenvalue weighted by Crippen LogP contribution is 1.94. The van der Waals surface area contributed by atoms with Gasteiger partial charge >= 0.3 is 5.97 Å². The Morgan fingerprint density at radius 2 is 1.94 bits per heavy atom. The van der Waals surface area contributed by atoms with Gasteiger partial charge in [0.2, 0.25) is 0 Å². The van der Waals surface area contributed by atoms with E-state index in [0.29, 0.717) is 6.61 Å². The van der Waals surface area contributed by atoms with Crippen molar-refractivity contribution in [2.45, 2.75) is 0 Å². The average Bonchev–Trinajstić information content (AvgIpc) is 2.37. The number of carbonyl (C=O) groups excluding carboxylic acids is 1. The Morgan fingerprint density at radius 3 is 2.65 bits per heavy atom. The second-order valence-electron chi connectivity index (χ2n) is 3.14. The third-order valence-corrected chi connectivity index (χ3v) is 1.82. The number of benzene rings is 1. The van der Waals surface area contributed by atoms with Crippen molar-refractivity contribution in [3.05, 3.63) is 48.0 Å². The van der Waals surface area contributed by atoms with E-state index in [1.165, 1.54) is 0 Å². The second kappa shape index (κ2) is 8.14. The molecule has 0 bridgehead atoms. The standard InChI is InChI=1S/C14H14O3/c1-16-11-5-6-12-17-14(15)10-9-13-7-3-2-4-8-13/h2-8H,11-12H2,1H3/b6-5+. The molecule has 1 aromatic carbocycles. The van der Waals surface area contributed by atoms with Crippen LogP contribution < -0.4 is 0 Å². The van der Waals surface area contributed by atoms with E-state index in [2.05, 4.69) is 11.8 Å². The topological polar surface area (TPSA) is 35.5 Å². The molecular formula is C14H14O3. The zero-order valence-electron chi connectivity index (χ0n) is 9.68. The van der Waals surface area contributed by atoms with Crippen molar-refractivity contribution < 1.29 is 14.3 Å². The van der Waals surface area contributed by atoms with Gasteiger partial charge in [0.25, 0.3) is 0 Å². The van der Waals surface area contributed by atoms with Crippen LogP contribution in [0.25, 0.3) is 0 Å². The molecule has 0 saturated carbocycles. The van der Waals surface area contributed by atoms with Gasteiger partial charge in [-0.3, -0.25) is 0 Å². The van der Waals surface area contributed by atoms with Crippen LogP contribution in [0.1, 0.15) is 5.56 Å². The summed E-state index contributed by atoms with van der Waals surface area (Å²) in [5.74, 6) is 4.61. The van der Waals surface area contributed by atoms with E-state index >= 15 is 0 Å². The van der Waals surface area contributed by atoms with E-state index in [9.17, 15) is 4.79 Å². The van der Waals surface area contributed by atoms with Crippen LogP contribution >= 0.6 is 0 Å². The first-order valence-corrected chi connectivity index (χ1v) is 5.20. The lowest BCUT2D eigenvalue weighted by Gasteiger charge is -1.94. The van der Waals surface area contributed by atoms with Crippen molar-refractivity contribution in [1.82, 2.24) is 0 Å². The molecule has 0 saturated heterocycles. The Hall–Kier alpha value is -2.05. The summed E-state index contributed by atoms with van der Waals surface area (Å²) < 4.78 is 9.65. The average molecular weight is 230 g/mol. The maximum Gasteiger partial charge on any atom is 0.385 e. The molecule has 0 fully saturated rings. The van der Waals surface area contributed by atoms with Crippen molar-refractivity contribution in [3.8, 4) is 11.8 Å². The van der Waals surface area contributed by atoms with Gasteiger partial charge < -0.3 is 9.47 Å². The number of esters is 1. The predicted molar refractivity (Wildman–Crippen MR) is 65.3 cm³/mol. The Balaban J connectivity index is 2.33. The fraction of sp³-hybridized carbons (Fsp3) is 0.214. The molecule has 3 heteroatoms. The minimum Gasteiger partial charge on any atom is -0.452 e. The fourth-order valence-corrected chi connectivity index (χ4v) is 1.04. The normalized spacial score (nSPS) is 9.71. The molecule has 0 unspecified atom stereocenters. The van der Waals surface area contributed by atoms with Crippen molar-refractivity contribution in [2.75, 3.05) is 20.3 Å². The van der Waals surface area contributed by atoms with E-state index in [0.717, 1.165) is 5.56 Å². The molecule has 0 heterocycles. The number of hydrogen-bond acceptors (Lipinski definition) is 3. The van der Waals surface area contributed by atoms with Crippen molar-refractivity contribution in [2.24, 2.45) is 0 Å². The van der Waals surface area contributed by atoms with Crippen LogP contribution in [-0.2, 0) is 14.3 Å². The van der Waals surface area contributed by atoms with Gasteiger partial charge in [0.15, 0.2) is 0 Å². The highest BCUT2D eigenvalue weighted by molar-refractivity contribution is 5.89. The minimum atomic E-state index is -0.532. The van der Waals surface area contributed by atoms with Crippen LogP contribution in [0.5, 0.6) is 0 Å². The van der Waals surface area contributed by atoms with Gasteiger partial charge in [0, 0.05) is 18.6 Å². The molecule has 0 aliphatic heterocycles. The van der Waals surface area contributed by atoms with E-state index in [1.807, 2.05) is 30.3 Å². The zero-order valence-corrected chi connectivity index (χ0v) is 9.68. The lowest BCUT2D eigenvalue weighted by Crippen LogP contribution is -2.01. The minimum absolute atomic E-state index is 0.214. The monoisotopic (exact) mass is 230 g/mol. The third kappa shape index (κ3) is 6.18. The van der Waals surface area contributed by atoms with E-state index in [1.54, 1.807) is 19.3 Å². The van der Waals surface area contributed by atoms with Crippen LogP contribution in [0.3, 0.4) is 0 Å². The molecule has 0 aliphatic carbocycles.